The third-order valence-corrected chi connectivity index (χ3v) is 1.82. The van der Waals surface area contributed by atoms with Crippen molar-refractivity contribution in [1.82, 2.24) is 10.2 Å². The first-order valence-corrected chi connectivity index (χ1v) is 4.61. The number of nitrogens with zero attached hydrogens (tertiary/aromatic N) is 2. The second-order valence-electron chi connectivity index (χ2n) is 3.29. The predicted octanol–water partition coefficient (Wildman–Crippen LogP) is -1.32. The maximum Gasteiger partial charge on any atom is 0.241 e. The molecular weight excluding hydrogens is 196 g/mol. The molecule has 84 valence electrons. The van der Waals surface area contributed by atoms with Crippen LogP contribution in [0.4, 0.5) is 0 Å². The van der Waals surface area contributed by atoms with Crippen LogP contribution in [-0.4, -0.2) is 43.4 Å². The van der Waals surface area contributed by atoms with Gasteiger partial charge < -0.3 is 16.0 Å². The lowest BCUT2D eigenvalue weighted by Crippen LogP contribution is -2.41. The van der Waals surface area contributed by atoms with E-state index in [1.54, 1.807) is 14.0 Å². The highest BCUT2D eigenvalue weighted by atomic mass is 16.2. The van der Waals surface area contributed by atoms with E-state index in [0.717, 1.165) is 0 Å². The maximum absolute atomic E-state index is 11.4. The summed E-state index contributed by atoms with van der Waals surface area (Å²) >= 11 is 0. The van der Waals surface area contributed by atoms with Gasteiger partial charge in [0, 0.05) is 13.6 Å². The second-order valence-corrected chi connectivity index (χ2v) is 3.29. The standard InChI is InChI=1S/C9H16N4O2/c1-7(3-10)6-13(2)9(15)5-12-8(14)4-11/h7H,4-6,11H2,1-2H3,(H,12,14). The minimum atomic E-state index is -0.370. The zero-order valence-corrected chi connectivity index (χ0v) is 8.99. The van der Waals surface area contributed by atoms with Crippen LogP contribution in [0.25, 0.3) is 0 Å². The van der Waals surface area contributed by atoms with Crippen LogP contribution in [0.2, 0.25) is 0 Å². The zero-order chi connectivity index (χ0) is 11.8. The van der Waals surface area contributed by atoms with E-state index in [0.29, 0.717) is 6.54 Å². The molecular formula is C9H16N4O2. The highest BCUT2D eigenvalue weighted by Crippen LogP contribution is 1.95. The first-order valence-electron chi connectivity index (χ1n) is 4.61. The van der Waals surface area contributed by atoms with Crippen molar-refractivity contribution >= 4 is 11.8 Å². The van der Waals surface area contributed by atoms with Crippen LogP contribution in [0.1, 0.15) is 6.92 Å². The SMILES string of the molecule is CC(C#N)CN(C)C(=O)CNC(=O)CN. The summed E-state index contributed by atoms with van der Waals surface area (Å²) in [5.41, 5.74) is 5.06. The molecule has 0 bridgehead atoms. The molecule has 0 aliphatic carbocycles. The van der Waals surface area contributed by atoms with Gasteiger partial charge in [-0.05, 0) is 6.92 Å². The molecule has 0 saturated carbocycles. The summed E-state index contributed by atoms with van der Waals surface area (Å²) in [4.78, 5) is 23.5. The fourth-order valence-corrected chi connectivity index (χ4v) is 0.935. The van der Waals surface area contributed by atoms with Gasteiger partial charge in [-0.2, -0.15) is 5.26 Å². The summed E-state index contributed by atoms with van der Waals surface area (Å²) in [7, 11) is 1.59. The minimum absolute atomic E-state index is 0.0787. The van der Waals surface area contributed by atoms with Gasteiger partial charge in [-0.3, -0.25) is 9.59 Å². The Balaban J connectivity index is 3.90. The lowest BCUT2D eigenvalue weighted by Gasteiger charge is -2.18. The topological polar surface area (TPSA) is 99.2 Å². The molecule has 0 aliphatic rings. The van der Waals surface area contributed by atoms with Crippen LogP contribution in [0.15, 0.2) is 0 Å². The van der Waals surface area contributed by atoms with Crippen molar-refractivity contribution in [3.8, 4) is 6.07 Å². The van der Waals surface area contributed by atoms with Crippen molar-refractivity contribution in [3.05, 3.63) is 0 Å². The Morgan fingerprint density at radius 3 is 2.67 bits per heavy atom. The van der Waals surface area contributed by atoms with E-state index in [1.807, 2.05) is 6.07 Å². The van der Waals surface area contributed by atoms with Crippen molar-refractivity contribution in [1.29, 1.82) is 5.26 Å². The molecule has 0 heterocycles. The number of likely N-dealkylation sites (N-methyl/N-ethyl adjacent to an activating group) is 1. The van der Waals surface area contributed by atoms with Gasteiger partial charge in [0.1, 0.15) is 0 Å². The monoisotopic (exact) mass is 212 g/mol. The Bertz CT molecular complexity index is 272. The highest BCUT2D eigenvalue weighted by Gasteiger charge is 2.12. The highest BCUT2D eigenvalue weighted by molar-refractivity contribution is 5.85. The van der Waals surface area contributed by atoms with Crippen molar-refractivity contribution < 1.29 is 9.59 Å². The lowest BCUT2D eigenvalue weighted by molar-refractivity contribution is -0.131. The summed E-state index contributed by atoms with van der Waals surface area (Å²) in [5.74, 6) is -0.826. The predicted molar refractivity (Wildman–Crippen MR) is 54.5 cm³/mol. The number of carbonyl (C=O) groups is 2. The molecule has 0 fully saturated rings. The first kappa shape index (κ1) is 13.4. The lowest BCUT2D eigenvalue weighted by atomic mass is 10.2. The molecule has 1 unspecified atom stereocenters. The van der Waals surface area contributed by atoms with Gasteiger partial charge in [-0.1, -0.05) is 0 Å². The number of nitrogens with two attached hydrogens (primary N) is 1. The van der Waals surface area contributed by atoms with E-state index in [9.17, 15) is 9.59 Å². The zero-order valence-electron chi connectivity index (χ0n) is 8.99. The molecule has 2 amide bonds. The number of carbonyl (C=O) groups excluding carboxylic acids is 2. The van der Waals surface area contributed by atoms with Gasteiger partial charge in [0.2, 0.25) is 11.8 Å². The van der Waals surface area contributed by atoms with Gasteiger partial charge in [0.05, 0.1) is 25.1 Å². The summed E-state index contributed by atoms with van der Waals surface area (Å²) in [6.45, 7) is 1.87. The fraction of sp³-hybridized carbons (Fsp3) is 0.667. The van der Waals surface area contributed by atoms with Crippen LogP contribution in [0, 0.1) is 17.2 Å². The van der Waals surface area contributed by atoms with E-state index in [1.165, 1.54) is 4.90 Å². The van der Waals surface area contributed by atoms with Crippen molar-refractivity contribution in [2.45, 2.75) is 6.92 Å². The van der Waals surface area contributed by atoms with Crippen molar-refractivity contribution in [3.63, 3.8) is 0 Å². The summed E-state index contributed by atoms with van der Waals surface area (Å²) in [6, 6.07) is 2.03. The van der Waals surface area contributed by atoms with Crippen molar-refractivity contribution in [2.24, 2.45) is 11.7 Å². The van der Waals surface area contributed by atoms with Gasteiger partial charge in [0.25, 0.3) is 0 Å². The molecule has 1 atom stereocenters. The first-order chi connectivity index (χ1) is 7.01. The molecule has 15 heavy (non-hydrogen) atoms. The Kier molecular flexibility index (Phi) is 6.06. The molecule has 0 spiro atoms. The van der Waals surface area contributed by atoms with E-state index >= 15 is 0 Å². The number of nitrogens with one attached hydrogen (secondary N) is 1. The molecule has 0 aliphatic heterocycles. The van der Waals surface area contributed by atoms with Gasteiger partial charge in [0.15, 0.2) is 0 Å². The molecule has 0 aromatic rings. The Labute approximate surface area is 89.0 Å². The molecule has 0 saturated heterocycles. The number of hydrogen-bond donors (Lipinski definition) is 2. The van der Waals surface area contributed by atoms with Crippen LogP contribution in [0.5, 0.6) is 0 Å². The largest absolute Gasteiger partial charge is 0.346 e. The molecule has 3 N–H and O–H groups in total. The number of nitriles is 1. The van der Waals surface area contributed by atoms with E-state index in [4.69, 9.17) is 11.0 Å². The Hall–Kier alpha value is -1.61. The molecule has 6 nitrogen and oxygen atoms in total. The molecule has 0 aromatic carbocycles. The van der Waals surface area contributed by atoms with Crippen LogP contribution in [-0.2, 0) is 9.59 Å². The summed E-state index contributed by atoms with van der Waals surface area (Å²) in [5, 5.41) is 10.9. The van der Waals surface area contributed by atoms with E-state index < -0.39 is 0 Å². The minimum Gasteiger partial charge on any atom is -0.346 e. The normalized spacial score (nSPS) is 11.3. The number of amides is 2. The molecule has 6 heteroatoms. The molecule has 0 aromatic heterocycles. The average Bonchev–Trinajstić information content (AvgIpc) is 2.24. The Morgan fingerprint density at radius 1 is 1.60 bits per heavy atom. The quantitative estimate of drug-likeness (QED) is 0.590. The van der Waals surface area contributed by atoms with Crippen LogP contribution in [0.3, 0.4) is 0 Å². The van der Waals surface area contributed by atoms with Crippen LogP contribution >= 0.6 is 0 Å². The maximum atomic E-state index is 11.4. The number of rotatable bonds is 5. The van der Waals surface area contributed by atoms with Crippen LogP contribution < -0.4 is 11.1 Å². The molecule has 0 radical (unpaired) electrons. The van der Waals surface area contributed by atoms with Gasteiger partial charge >= 0.3 is 0 Å². The third-order valence-electron chi connectivity index (χ3n) is 1.82. The third kappa shape index (κ3) is 5.65. The summed E-state index contributed by atoms with van der Waals surface area (Å²) in [6.07, 6.45) is 0. The molecule has 0 rings (SSSR count). The number of hydrogen-bond acceptors (Lipinski definition) is 4. The van der Waals surface area contributed by atoms with E-state index in [-0.39, 0.29) is 30.8 Å². The van der Waals surface area contributed by atoms with Crippen molar-refractivity contribution in [2.75, 3.05) is 26.7 Å². The van der Waals surface area contributed by atoms with Gasteiger partial charge in [-0.25, -0.2) is 0 Å². The van der Waals surface area contributed by atoms with Gasteiger partial charge in [-0.15, -0.1) is 0 Å². The second kappa shape index (κ2) is 6.79. The Morgan fingerprint density at radius 2 is 2.20 bits per heavy atom. The van der Waals surface area contributed by atoms with E-state index in [2.05, 4.69) is 5.32 Å². The smallest absolute Gasteiger partial charge is 0.241 e. The fourth-order valence-electron chi connectivity index (χ4n) is 0.935. The average molecular weight is 212 g/mol. The summed E-state index contributed by atoms with van der Waals surface area (Å²) < 4.78 is 0.